The maximum atomic E-state index is 13.4. The van der Waals surface area contributed by atoms with Crippen molar-refractivity contribution in [2.75, 3.05) is 17.2 Å². The van der Waals surface area contributed by atoms with Crippen molar-refractivity contribution in [3.05, 3.63) is 89.2 Å². The van der Waals surface area contributed by atoms with Gasteiger partial charge >= 0.3 is 6.18 Å². The first-order chi connectivity index (χ1) is 14.9. The van der Waals surface area contributed by atoms with E-state index in [1.54, 1.807) is 12.1 Å². The number of alkyl halides is 3. The van der Waals surface area contributed by atoms with E-state index in [2.05, 4.69) is 0 Å². The fraction of sp³-hybridized carbons (Fsp3) is 0.136. The molecule has 33 heavy (non-hydrogen) atoms. The van der Waals surface area contributed by atoms with Crippen LogP contribution in [-0.4, -0.2) is 12.5 Å². The molecule has 0 aromatic heterocycles. The van der Waals surface area contributed by atoms with Gasteiger partial charge in [0, 0.05) is 0 Å². The van der Waals surface area contributed by atoms with E-state index < -0.39 is 23.7 Å². The molecule has 4 nitrogen and oxygen atoms in total. The second-order valence-corrected chi connectivity index (χ2v) is 6.29. The predicted molar refractivity (Wildman–Crippen MR) is 115 cm³/mol. The first-order valence-electron chi connectivity index (χ1n) is 8.98. The lowest BCUT2D eigenvalue weighted by atomic mass is 9.90. The largest absolute Gasteiger partial charge is 0.399 e. The molecule has 0 radical (unpaired) electrons. The number of para-hydroxylation sites is 1. The number of carbonyl (C=O) groups excluding carboxylic acids is 1. The molecule has 0 aliphatic rings. The van der Waals surface area contributed by atoms with Crippen molar-refractivity contribution in [2.24, 2.45) is 0 Å². The minimum Gasteiger partial charge on any atom is -0.396 e. The van der Waals surface area contributed by atoms with Gasteiger partial charge in [0.2, 0.25) is 0 Å². The highest BCUT2D eigenvalue weighted by Gasteiger charge is 2.42. The van der Waals surface area contributed by atoms with E-state index in [0.717, 1.165) is 30.6 Å². The van der Waals surface area contributed by atoms with Crippen LogP contribution in [0.2, 0.25) is 0 Å². The summed E-state index contributed by atoms with van der Waals surface area (Å²) in [6.07, 6.45) is -3.97. The van der Waals surface area contributed by atoms with Gasteiger partial charge in [0.05, 0.1) is 17.1 Å². The van der Waals surface area contributed by atoms with Gasteiger partial charge in [-0.05, 0) is 54.4 Å². The lowest BCUT2D eigenvalue weighted by Gasteiger charge is -2.22. The second-order valence-electron chi connectivity index (χ2n) is 6.29. The average Bonchev–Trinajstić information content (AvgIpc) is 2.70. The van der Waals surface area contributed by atoms with Crippen LogP contribution in [0.15, 0.2) is 60.7 Å². The molecule has 0 saturated heterocycles. The van der Waals surface area contributed by atoms with Crippen LogP contribution >= 0.6 is 0 Å². The molecule has 0 unspecified atom stereocenters. The Bertz CT molecular complexity index is 970. The van der Waals surface area contributed by atoms with Gasteiger partial charge in [-0.3, -0.25) is 4.70 Å². The van der Waals surface area contributed by atoms with Crippen LogP contribution in [0.5, 0.6) is 0 Å². The van der Waals surface area contributed by atoms with Gasteiger partial charge in [-0.1, -0.05) is 24.3 Å². The quantitative estimate of drug-likeness (QED) is 0.255. The third-order valence-electron chi connectivity index (χ3n) is 3.95. The molecule has 0 bridgehead atoms. The summed E-state index contributed by atoms with van der Waals surface area (Å²) in [7, 11) is 0. The highest BCUT2D eigenvalue weighted by molar-refractivity contribution is 5.48. The van der Waals surface area contributed by atoms with Crippen LogP contribution in [0.1, 0.15) is 24.0 Å². The Morgan fingerprint density at radius 3 is 1.36 bits per heavy atom. The van der Waals surface area contributed by atoms with E-state index in [-0.39, 0.29) is 38.7 Å². The minimum absolute atomic E-state index is 0. The van der Waals surface area contributed by atoms with Gasteiger partial charge in [-0.2, -0.15) is 13.2 Å². The monoisotopic (exact) mass is 477 g/mol. The zero-order chi connectivity index (χ0) is 24.5. The van der Waals surface area contributed by atoms with Crippen LogP contribution in [-0.2, 0) is 4.79 Å². The highest BCUT2D eigenvalue weighted by Crippen LogP contribution is 2.41. The van der Waals surface area contributed by atoms with E-state index in [4.69, 9.17) is 22.0 Å². The molecule has 11 heteroatoms. The van der Waals surface area contributed by atoms with Crippen molar-refractivity contribution in [1.29, 1.82) is 0 Å². The molecule has 3 aromatic rings. The Hall–Kier alpha value is -3.76. The van der Waals surface area contributed by atoms with Crippen molar-refractivity contribution in [3.8, 4) is 0 Å². The summed E-state index contributed by atoms with van der Waals surface area (Å²) in [6, 6.07) is 11.7. The minimum atomic E-state index is -4.72. The van der Waals surface area contributed by atoms with Crippen LogP contribution in [0.4, 0.5) is 48.1 Å². The standard InChI is InChI=1S/C14H11F5N2.C6H6FN.C2H4O.FH/c15-9-5-7(1-3-11(9)20)13(14(17,18)19)8-2-4-12(21)10(16)6-8;7-5-3-1-2-4-6(5)8;1-2-3;/h1-6,13H,20-21H2;1-4H,8H2;2H,1H3;1H. The number of anilines is 3. The SMILES string of the molecule is CC=O.F.Nc1ccc(C(c2ccc(N)c(F)c2)C(F)(F)F)cc1F.Nc1ccccc1F. The third kappa shape index (κ3) is 8.71. The number of aldehydes is 1. The number of hydrogen-bond acceptors (Lipinski definition) is 4. The van der Waals surface area contributed by atoms with Crippen LogP contribution < -0.4 is 17.2 Å². The fourth-order valence-corrected chi connectivity index (χ4v) is 2.49. The molecule has 180 valence electrons. The zero-order valence-corrected chi connectivity index (χ0v) is 17.2. The maximum Gasteiger partial charge on any atom is 0.399 e. The van der Waals surface area contributed by atoms with E-state index in [9.17, 15) is 26.3 Å². The molecule has 3 rings (SSSR count). The summed E-state index contributed by atoms with van der Waals surface area (Å²) >= 11 is 0. The maximum absolute atomic E-state index is 13.4. The van der Waals surface area contributed by atoms with Gasteiger partial charge in [0.15, 0.2) is 0 Å². The predicted octanol–water partition coefficient (Wildman–Crippen LogP) is 5.59. The first kappa shape index (κ1) is 29.2. The van der Waals surface area contributed by atoms with E-state index in [1.165, 1.54) is 19.1 Å². The molecule has 3 aromatic carbocycles. The van der Waals surface area contributed by atoms with E-state index in [1.807, 2.05) is 0 Å². The van der Waals surface area contributed by atoms with E-state index >= 15 is 0 Å². The Labute approximate surface area is 185 Å². The van der Waals surface area contributed by atoms with Crippen molar-refractivity contribution in [2.45, 2.75) is 19.0 Å². The van der Waals surface area contributed by atoms with E-state index in [0.29, 0.717) is 12.1 Å². The molecule has 0 saturated carbocycles. The van der Waals surface area contributed by atoms with Crippen molar-refractivity contribution >= 4 is 23.3 Å². The number of nitrogen functional groups attached to an aromatic ring is 3. The number of rotatable bonds is 2. The zero-order valence-electron chi connectivity index (χ0n) is 17.2. The number of hydrogen-bond donors (Lipinski definition) is 3. The summed E-state index contributed by atoms with van der Waals surface area (Å²) in [5.74, 6) is -4.44. The Balaban J connectivity index is 0.000000710. The molecule has 0 atom stereocenters. The topological polar surface area (TPSA) is 95.1 Å². The normalized spacial score (nSPS) is 10.2. The summed E-state index contributed by atoms with van der Waals surface area (Å²) in [5, 5.41) is 0. The molecule has 0 fully saturated rings. The smallest absolute Gasteiger partial charge is 0.396 e. The number of carbonyl (C=O) groups is 1. The molecule has 0 spiro atoms. The summed E-state index contributed by atoms with van der Waals surface area (Å²) < 4.78 is 78.7. The lowest BCUT2D eigenvalue weighted by Crippen LogP contribution is -2.22. The van der Waals surface area contributed by atoms with Crippen LogP contribution in [0.3, 0.4) is 0 Å². The van der Waals surface area contributed by atoms with Gasteiger partial charge in [-0.25, -0.2) is 13.2 Å². The van der Waals surface area contributed by atoms with Crippen LogP contribution in [0.25, 0.3) is 0 Å². The van der Waals surface area contributed by atoms with Crippen molar-refractivity contribution < 1.29 is 35.8 Å². The second kappa shape index (κ2) is 12.9. The van der Waals surface area contributed by atoms with Gasteiger partial charge in [0.25, 0.3) is 0 Å². The van der Waals surface area contributed by atoms with Crippen molar-refractivity contribution in [1.82, 2.24) is 0 Å². The van der Waals surface area contributed by atoms with Gasteiger partial charge < -0.3 is 22.0 Å². The molecule has 0 aliphatic carbocycles. The Morgan fingerprint density at radius 2 is 1.09 bits per heavy atom. The number of halogens is 7. The Morgan fingerprint density at radius 1 is 0.727 bits per heavy atom. The third-order valence-corrected chi connectivity index (χ3v) is 3.95. The summed E-state index contributed by atoms with van der Waals surface area (Å²) in [5.41, 5.74) is 14.6. The molecular formula is C22H22F7N3O. The number of nitrogens with two attached hydrogens (primary N) is 3. The Kier molecular flexibility index (Phi) is 11.5. The average molecular weight is 477 g/mol. The number of benzene rings is 3. The van der Waals surface area contributed by atoms with Gasteiger partial charge in [-0.15, -0.1) is 0 Å². The lowest BCUT2D eigenvalue weighted by molar-refractivity contribution is -0.141. The summed E-state index contributed by atoms with van der Waals surface area (Å²) in [4.78, 5) is 8.81. The van der Waals surface area contributed by atoms with Crippen molar-refractivity contribution in [3.63, 3.8) is 0 Å². The first-order valence-corrected chi connectivity index (χ1v) is 8.98. The molecule has 0 heterocycles. The molecule has 6 N–H and O–H groups in total. The molecule has 0 aliphatic heterocycles. The fourth-order valence-electron chi connectivity index (χ4n) is 2.49. The highest BCUT2D eigenvalue weighted by atomic mass is 19.4. The summed E-state index contributed by atoms with van der Waals surface area (Å²) in [6.45, 7) is 1.44. The van der Waals surface area contributed by atoms with Crippen LogP contribution in [0, 0.1) is 17.5 Å². The molecule has 0 amide bonds. The molecular weight excluding hydrogens is 455 g/mol. The van der Waals surface area contributed by atoms with Gasteiger partial charge in [0.1, 0.15) is 29.7 Å².